The van der Waals surface area contributed by atoms with Crippen LogP contribution >= 0.6 is 0 Å². The lowest BCUT2D eigenvalue weighted by Crippen LogP contribution is -2.36. The van der Waals surface area contributed by atoms with E-state index < -0.39 is 7.32 Å². The van der Waals surface area contributed by atoms with Crippen LogP contribution in [-0.4, -0.2) is 34.9 Å². The Bertz CT molecular complexity index is 707. The average molecular weight is 327 g/mol. The molecule has 0 fully saturated rings. The molecule has 6 nitrogen and oxygen atoms in total. The van der Waals surface area contributed by atoms with E-state index in [0.29, 0.717) is 25.3 Å². The van der Waals surface area contributed by atoms with Gasteiger partial charge in [0.15, 0.2) is 0 Å². The maximum atomic E-state index is 12.2. The molecule has 0 aromatic heterocycles. The number of ether oxygens (including phenoxy) is 1. The van der Waals surface area contributed by atoms with E-state index >= 15 is 0 Å². The van der Waals surface area contributed by atoms with Crippen molar-refractivity contribution in [3.8, 4) is 5.75 Å². The molecule has 1 aliphatic heterocycles. The van der Waals surface area contributed by atoms with Crippen molar-refractivity contribution in [1.82, 2.24) is 4.90 Å². The third kappa shape index (κ3) is 4.07. The number of hydrogen-bond donors (Lipinski definition) is 2. The standard InChI is InChI=1S/C17H18BNO5/c20-17(23-12-13-4-2-1-3-5-13)19-9-8-14-10-16(24-18(21)22)7-6-15(14)11-19/h1-7,10,21-22H,8-9,11-12H2. The highest BCUT2D eigenvalue weighted by Gasteiger charge is 2.22. The minimum atomic E-state index is -1.84. The van der Waals surface area contributed by atoms with Gasteiger partial charge in [-0.05, 0) is 35.2 Å². The smallest absolute Gasteiger partial charge is 0.512 e. The highest BCUT2D eigenvalue weighted by atomic mass is 16.6. The monoisotopic (exact) mass is 327 g/mol. The molecule has 2 aromatic rings. The predicted molar refractivity (Wildman–Crippen MR) is 88.0 cm³/mol. The lowest BCUT2D eigenvalue weighted by atomic mass is 9.99. The van der Waals surface area contributed by atoms with Crippen LogP contribution in [0.25, 0.3) is 0 Å². The summed E-state index contributed by atoms with van der Waals surface area (Å²) in [5.74, 6) is 0.392. The van der Waals surface area contributed by atoms with Crippen molar-refractivity contribution in [1.29, 1.82) is 0 Å². The number of hydrogen-bond acceptors (Lipinski definition) is 5. The Morgan fingerprint density at radius 3 is 2.67 bits per heavy atom. The van der Waals surface area contributed by atoms with Crippen LogP contribution in [0.1, 0.15) is 16.7 Å². The Hall–Kier alpha value is -2.51. The highest BCUT2D eigenvalue weighted by molar-refractivity contribution is 6.33. The zero-order valence-corrected chi connectivity index (χ0v) is 13.1. The summed E-state index contributed by atoms with van der Waals surface area (Å²) in [5.41, 5.74) is 2.98. The summed E-state index contributed by atoms with van der Waals surface area (Å²) >= 11 is 0. The fraction of sp³-hybridized carbons (Fsp3) is 0.235. The lowest BCUT2D eigenvalue weighted by Gasteiger charge is -2.28. The van der Waals surface area contributed by atoms with Gasteiger partial charge in [-0.1, -0.05) is 36.4 Å². The van der Waals surface area contributed by atoms with E-state index in [0.717, 1.165) is 16.7 Å². The van der Waals surface area contributed by atoms with E-state index in [1.165, 1.54) is 0 Å². The molecule has 1 amide bonds. The Balaban J connectivity index is 1.59. The fourth-order valence-corrected chi connectivity index (χ4v) is 2.69. The molecule has 124 valence electrons. The van der Waals surface area contributed by atoms with Crippen molar-refractivity contribution in [3.63, 3.8) is 0 Å². The summed E-state index contributed by atoms with van der Waals surface area (Å²) in [6.07, 6.45) is 0.324. The molecular formula is C17H18BNO5. The highest BCUT2D eigenvalue weighted by Crippen LogP contribution is 2.24. The molecule has 0 radical (unpaired) electrons. The molecule has 0 atom stereocenters. The van der Waals surface area contributed by atoms with Crippen LogP contribution in [0.2, 0.25) is 0 Å². The lowest BCUT2D eigenvalue weighted by molar-refractivity contribution is 0.0918. The Morgan fingerprint density at radius 1 is 1.12 bits per heavy atom. The molecule has 1 aliphatic rings. The van der Waals surface area contributed by atoms with Crippen LogP contribution in [0.3, 0.4) is 0 Å². The number of benzene rings is 2. The van der Waals surface area contributed by atoms with Crippen molar-refractivity contribution in [2.24, 2.45) is 0 Å². The first-order chi connectivity index (χ1) is 11.6. The van der Waals surface area contributed by atoms with Crippen LogP contribution in [0, 0.1) is 0 Å². The minimum Gasteiger partial charge on any atom is -0.512 e. The SMILES string of the molecule is O=C(OCc1ccccc1)N1CCc2cc(OB(O)O)ccc2C1. The zero-order chi connectivity index (χ0) is 16.9. The molecule has 7 heteroatoms. The number of carbonyl (C=O) groups excluding carboxylic acids is 1. The topological polar surface area (TPSA) is 79.2 Å². The van der Waals surface area contributed by atoms with Gasteiger partial charge in [-0.2, -0.15) is 0 Å². The van der Waals surface area contributed by atoms with Crippen LogP contribution in [0.4, 0.5) is 4.79 Å². The van der Waals surface area contributed by atoms with Gasteiger partial charge in [-0.25, -0.2) is 4.79 Å². The van der Waals surface area contributed by atoms with Gasteiger partial charge in [0.05, 0.1) is 0 Å². The van der Waals surface area contributed by atoms with Gasteiger partial charge in [0.2, 0.25) is 0 Å². The molecule has 0 aliphatic carbocycles. The Labute approximate surface area is 140 Å². The van der Waals surface area contributed by atoms with Gasteiger partial charge in [0.25, 0.3) is 0 Å². The number of rotatable bonds is 4. The van der Waals surface area contributed by atoms with Gasteiger partial charge in [-0.3, -0.25) is 0 Å². The van der Waals surface area contributed by atoms with Crippen molar-refractivity contribution >= 4 is 13.4 Å². The molecule has 0 saturated heterocycles. The molecule has 2 aromatic carbocycles. The summed E-state index contributed by atoms with van der Waals surface area (Å²) in [7, 11) is -1.84. The molecule has 1 heterocycles. The molecular weight excluding hydrogens is 309 g/mol. The van der Waals surface area contributed by atoms with E-state index in [-0.39, 0.29) is 12.7 Å². The minimum absolute atomic E-state index is 0.254. The second-order valence-electron chi connectivity index (χ2n) is 5.59. The van der Waals surface area contributed by atoms with Crippen molar-refractivity contribution < 1.29 is 24.2 Å². The quantitative estimate of drug-likeness (QED) is 0.836. The molecule has 24 heavy (non-hydrogen) atoms. The second kappa shape index (κ2) is 7.38. The first kappa shape index (κ1) is 16.4. The summed E-state index contributed by atoms with van der Waals surface area (Å²) in [4.78, 5) is 13.9. The maximum Gasteiger partial charge on any atom is 0.707 e. The largest absolute Gasteiger partial charge is 0.707 e. The summed E-state index contributed by atoms with van der Waals surface area (Å²) in [6, 6.07) is 14.8. The van der Waals surface area contributed by atoms with Gasteiger partial charge < -0.3 is 24.3 Å². The Morgan fingerprint density at radius 2 is 1.92 bits per heavy atom. The normalized spacial score (nSPS) is 13.2. The Kier molecular flexibility index (Phi) is 5.03. The summed E-state index contributed by atoms with van der Waals surface area (Å²) in [5, 5.41) is 17.7. The van der Waals surface area contributed by atoms with Crippen LogP contribution in [-0.2, 0) is 24.3 Å². The number of amides is 1. The average Bonchev–Trinajstić information content (AvgIpc) is 2.59. The van der Waals surface area contributed by atoms with Crippen molar-refractivity contribution in [3.05, 3.63) is 65.2 Å². The molecule has 2 N–H and O–H groups in total. The third-order valence-corrected chi connectivity index (χ3v) is 3.89. The third-order valence-electron chi connectivity index (χ3n) is 3.89. The van der Waals surface area contributed by atoms with E-state index in [4.69, 9.17) is 19.4 Å². The van der Waals surface area contributed by atoms with Gasteiger partial charge >= 0.3 is 13.4 Å². The van der Waals surface area contributed by atoms with Gasteiger partial charge in [0.1, 0.15) is 12.4 Å². The van der Waals surface area contributed by atoms with Crippen LogP contribution in [0.15, 0.2) is 48.5 Å². The molecule has 3 rings (SSSR count). The van der Waals surface area contributed by atoms with E-state index in [2.05, 4.69) is 0 Å². The van der Waals surface area contributed by atoms with Crippen LogP contribution < -0.4 is 4.65 Å². The maximum absolute atomic E-state index is 12.2. The fourth-order valence-electron chi connectivity index (χ4n) is 2.69. The molecule has 0 saturated carbocycles. The van der Waals surface area contributed by atoms with E-state index in [1.807, 2.05) is 36.4 Å². The van der Waals surface area contributed by atoms with Crippen LogP contribution in [0.5, 0.6) is 5.75 Å². The van der Waals surface area contributed by atoms with Gasteiger partial charge in [0, 0.05) is 13.1 Å². The predicted octanol–water partition coefficient (Wildman–Crippen LogP) is 1.73. The van der Waals surface area contributed by atoms with Crippen molar-refractivity contribution in [2.75, 3.05) is 6.54 Å². The first-order valence-electron chi connectivity index (χ1n) is 7.72. The summed E-state index contributed by atoms with van der Waals surface area (Å²) < 4.78 is 10.2. The van der Waals surface area contributed by atoms with Crippen molar-refractivity contribution in [2.45, 2.75) is 19.6 Å². The molecule has 0 bridgehead atoms. The van der Waals surface area contributed by atoms with Gasteiger partial charge in [-0.15, -0.1) is 0 Å². The molecule has 0 unspecified atom stereocenters. The number of nitrogens with zero attached hydrogens (tertiary/aromatic N) is 1. The second-order valence-corrected chi connectivity index (χ2v) is 5.59. The number of fused-ring (bicyclic) bond motifs is 1. The zero-order valence-electron chi connectivity index (χ0n) is 13.1. The van der Waals surface area contributed by atoms with E-state index in [1.54, 1.807) is 17.0 Å². The first-order valence-corrected chi connectivity index (χ1v) is 7.72. The molecule has 0 spiro atoms. The number of carbonyl (C=O) groups is 1. The van der Waals surface area contributed by atoms with E-state index in [9.17, 15) is 4.79 Å². The summed E-state index contributed by atoms with van der Waals surface area (Å²) in [6.45, 7) is 1.26.